The predicted octanol–water partition coefficient (Wildman–Crippen LogP) is 3.81. The number of nitrogens with zero attached hydrogens (tertiary/aromatic N) is 5. The fraction of sp³-hybridized carbons (Fsp3) is 0.407. The Morgan fingerprint density at radius 1 is 1.00 bits per heavy atom. The van der Waals surface area contributed by atoms with E-state index in [1.165, 1.54) is 4.90 Å². The maximum atomic E-state index is 13.3. The first kappa shape index (κ1) is 25.4. The number of likely N-dealkylation sites (N-methyl/N-ethyl adjacent to an activating group) is 1. The molecular formula is C27H33N5O4. The van der Waals surface area contributed by atoms with Gasteiger partial charge in [-0.1, -0.05) is 19.1 Å². The summed E-state index contributed by atoms with van der Waals surface area (Å²) in [6.07, 6.45) is 6.60. The van der Waals surface area contributed by atoms with Gasteiger partial charge in [0, 0.05) is 60.5 Å². The van der Waals surface area contributed by atoms with Crippen molar-refractivity contribution in [2.75, 3.05) is 46.4 Å². The molecular weight excluding hydrogens is 458 g/mol. The molecule has 0 aliphatic carbocycles. The molecule has 9 nitrogen and oxygen atoms in total. The number of amides is 3. The minimum absolute atomic E-state index is 0.272. The van der Waals surface area contributed by atoms with Crippen LogP contribution < -0.4 is 0 Å². The smallest absolute Gasteiger partial charge is 0.409 e. The van der Waals surface area contributed by atoms with E-state index in [-0.39, 0.29) is 17.9 Å². The molecule has 0 N–H and O–H groups in total. The first-order valence-electron chi connectivity index (χ1n) is 12.5. The van der Waals surface area contributed by atoms with Crippen LogP contribution in [0.2, 0.25) is 0 Å². The van der Waals surface area contributed by atoms with Crippen LogP contribution in [0.15, 0.2) is 49.1 Å². The molecule has 0 fully saturated rings. The Labute approximate surface area is 211 Å². The van der Waals surface area contributed by atoms with Crippen LogP contribution in [-0.2, 0) is 4.74 Å². The van der Waals surface area contributed by atoms with Crippen LogP contribution in [0.3, 0.4) is 0 Å². The average molecular weight is 492 g/mol. The third kappa shape index (κ3) is 5.11. The monoisotopic (exact) mass is 491 g/mol. The number of carbonyl (C=O) groups excluding carboxylic acids is 3. The maximum Gasteiger partial charge on any atom is 0.409 e. The lowest BCUT2D eigenvalue weighted by Gasteiger charge is -2.29. The fourth-order valence-electron chi connectivity index (χ4n) is 4.65. The van der Waals surface area contributed by atoms with E-state index in [9.17, 15) is 14.4 Å². The lowest BCUT2D eigenvalue weighted by molar-refractivity contribution is 0.0595. The van der Waals surface area contributed by atoms with Crippen LogP contribution in [-0.4, -0.2) is 88.5 Å². The number of carbonyl (C=O) groups is 3. The van der Waals surface area contributed by atoms with Crippen molar-refractivity contribution in [3.63, 3.8) is 0 Å². The minimum Gasteiger partial charge on any atom is -0.450 e. The van der Waals surface area contributed by atoms with Crippen LogP contribution in [0, 0.1) is 0 Å². The van der Waals surface area contributed by atoms with Crippen LogP contribution in [0.5, 0.6) is 0 Å². The van der Waals surface area contributed by atoms with Crippen LogP contribution >= 0.6 is 0 Å². The largest absolute Gasteiger partial charge is 0.450 e. The highest BCUT2D eigenvalue weighted by molar-refractivity contribution is 6.26. The standard InChI is InChI=1S/C27H33N5O4/c1-4-13-30(27(35)36-5-2)15-7-14-29(3)17-18-32-25(33)21-9-6-8-20-23(31-16-12-28-19-31)11-10-22(24(20)21)26(32)34/h6,8-12,16,19H,4-5,7,13-15,17-18H2,1-3H3. The second-order valence-corrected chi connectivity index (χ2v) is 8.94. The van der Waals surface area contributed by atoms with Crippen LogP contribution in [0.1, 0.15) is 47.4 Å². The Bertz CT molecular complexity index is 1220. The molecule has 3 aromatic rings. The first-order valence-corrected chi connectivity index (χ1v) is 12.5. The third-order valence-electron chi connectivity index (χ3n) is 6.44. The summed E-state index contributed by atoms with van der Waals surface area (Å²) in [6.45, 7) is 7.03. The number of hydrogen-bond donors (Lipinski definition) is 0. The van der Waals surface area contributed by atoms with Gasteiger partial charge in [-0.3, -0.25) is 14.5 Å². The molecule has 1 aromatic heterocycles. The van der Waals surface area contributed by atoms with Gasteiger partial charge in [0.1, 0.15) is 0 Å². The first-order chi connectivity index (χ1) is 17.5. The Balaban J connectivity index is 1.41. The van der Waals surface area contributed by atoms with Crippen molar-refractivity contribution in [3.8, 4) is 5.69 Å². The van der Waals surface area contributed by atoms with Gasteiger partial charge in [0.2, 0.25) is 0 Å². The van der Waals surface area contributed by atoms with E-state index in [0.29, 0.717) is 49.3 Å². The SMILES string of the molecule is CCCN(CCCN(C)CCN1C(=O)c2cccc3c(-n4ccnc4)ccc(c23)C1=O)C(=O)OCC. The zero-order chi connectivity index (χ0) is 25.7. The molecule has 2 heterocycles. The van der Waals surface area contributed by atoms with Gasteiger partial charge in [0.15, 0.2) is 0 Å². The van der Waals surface area contributed by atoms with Crippen molar-refractivity contribution in [1.82, 2.24) is 24.3 Å². The topological polar surface area (TPSA) is 88.0 Å². The van der Waals surface area contributed by atoms with E-state index in [1.807, 2.05) is 42.9 Å². The van der Waals surface area contributed by atoms with E-state index < -0.39 is 0 Å². The highest BCUT2D eigenvalue weighted by Gasteiger charge is 2.33. The molecule has 0 radical (unpaired) electrons. The molecule has 2 aromatic carbocycles. The highest BCUT2D eigenvalue weighted by atomic mass is 16.6. The molecule has 0 spiro atoms. The van der Waals surface area contributed by atoms with Gasteiger partial charge >= 0.3 is 6.09 Å². The normalized spacial score (nSPS) is 13.1. The predicted molar refractivity (Wildman–Crippen MR) is 137 cm³/mol. The van der Waals surface area contributed by atoms with Crippen LogP contribution in [0.4, 0.5) is 4.79 Å². The second-order valence-electron chi connectivity index (χ2n) is 8.94. The Kier molecular flexibility index (Phi) is 8.00. The molecule has 0 atom stereocenters. The number of aromatic nitrogens is 2. The van der Waals surface area contributed by atoms with Crippen molar-refractivity contribution in [3.05, 3.63) is 60.2 Å². The number of imide groups is 1. The van der Waals surface area contributed by atoms with Gasteiger partial charge in [0.05, 0.1) is 18.6 Å². The summed E-state index contributed by atoms with van der Waals surface area (Å²) in [5.74, 6) is -0.545. The summed E-state index contributed by atoms with van der Waals surface area (Å²) in [6, 6.07) is 9.26. The molecule has 4 rings (SSSR count). The summed E-state index contributed by atoms with van der Waals surface area (Å²) in [5.41, 5.74) is 1.95. The molecule has 1 aliphatic rings. The summed E-state index contributed by atoms with van der Waals surface area (Å²) >= 11 is 0. The Morgan fingerprint density at radius 2 is 1.78 bits per heavy atom. The van der Waals surface area contributed by atoms with Gasteiger partial charge in [-0.2, -0.15) is 0 Å². The molecule has 190 valence electrons. The number of rotatable bonds is 11. The quantitative estimate of drug-likeness (QED) is 0.379. The third-order valence-corrected chi connectivity index (χ3v) is 6.44. The molecule has 0 unspecified atom stereocenters. The van der Waals surface area contributed by atoms with Gasteiger partial charge in [-0.25, -0.2) is 9.78 Å². The van der Waals surface area contributed by atoms with E-state index >= 15 is 0 Å². The van der Waals surface area contributed by atoms with Crippen LogP contribution in [0.25, 0.3) is 16.5 Å². The molecule has 3 amide bonds. The van der Waals surface area contributed by atoms with E-state index in [1.54, 1.807) is 36.5 Å². The molecule has 0 bridgehead atoms. The Hall–Kier alpha value is -3.72. The Morgan fingerprint density at radius 3 is 2.47 bits per heavy atom. The number of ether oxygens (including phenoxy) is 1. The lowest BCUT2D eigenvalue weighted by atomic mass is 9.93. The lowest BCUT2D eigenvalue weighted by Crippen LogP contribution is -2.44. The average Bonchev–Trinajstić information content (AvgIpc) is 3.41. The number of benzene rings is 2. The highest BCUT2D eigenvalue weighted by Crippen LogP contribution is 2.33. The number of imidazole rings is 1. The van der Waals surface area contributed by atoms with E-state index in [4.69, 9.17) is 4.74 Å². The van der Waals surface area contributed by atoms with Crippen molar-refractivity contribution in [2.45, 2.75) is 26.7 Å². The molecule has 0 saturated carbocycles. The maximum absolute atomic E-state index is 13.3. The number of hydrogen-bond acceptors (Lipinski definition) is 6. The van der Waals surface area contributed by atoms with Gasteiger partial charge < -0.3 is 19.1 Å². The molecule has 1 aliphatic heterocycles. The van der Waals surface area contributed by atoms with Gasteiger partial charge in [-0.15, -0.1) is 0 Å². The summed E-state index contributed by atoms with van der Waals surface area (Å²) in [5, 5.41) is 1.54. The van der Waals surface area contributed by atoms with Crippen molar-refractivity contribution < 1.29 is 19.1 Å². The van der Waals surface area contributed by atoms with Crippen molar-refractivity contribution in [1.29, 1.82) is 0 Å². The van der Waals surface area contributed by atoms with Crippen molar-refractivity contribution in [2.24, 2.45) is 0 Å². The molecule has 36 heavy (non-hydrogen) atoms. The zero-order valence-electron chi connectivity index (χ0n) is 21.1. The molecule has 9 heteroatoms. The van der Waals surface area contributed by atoms with Crippen molar-refractivity contribution >= 4 is 28.7 Å². The summed E-state index contributed by atoms with van der Waals surface area (Å²) in [7, 11) is 1.96. The minimum atomic E-state index is -0.282. The zero-order valence-corrected chi connectivity index (χ0v) is 21.1. The second kappa shape index (κ2) is 11.3. The van der Waals surface area contributed by atoms with Gasteiger partial charge in [0.25, 0.3) is 11.8 Å². The van der Waals surface area contributed by atoms with E-state index in [2.05, 4.69) is 9.88 Å². The molecule has 0 saturated heterocycles. The van der Waals surface area contributed by atoms with Gasteiger partial charge in [-0.05, 0) is 51.6 Å². The fourth-order valence-corrected chi connectivity index (χ4v) is 4.65. The summed E-state index contributed by atoms with van der Waals surface area (Å²) < 4.78 is 7.01. The summed E-state index contributed by atoms with van der Waals surface area (Å²) in [4.78, 5) is 48.0. The van der Waals surface area contributed by atoms with E-state index in [0.717, 1.165) is 30.5 Å².